The standard InChI is InChI=1S/C24H23ClFNO3/c25-17-6-9-20(21(26)12-17)16-10-18-7-8-19(11-16)27(18)24(28)23-14-29-13-22(30-23)15-4-2-1-3-5-15/h1-2,4,6,9,12-14,16,18-19H,3,5,7-8,10-11H2. The minimum absolute atomic E-state index is 0.0759. The molecule has 0 saturated carbocycles. The maximum absolute atomic E-state index is 14.4. The van der Waals surface area contributed by atoms with Crippen LogP contribution in [0.15, 0.2) is 66.0 Å². The van der Waals surface area contributed by atoms with E-state index in [1.807, 2.05) is 17.1 Å². The lowest BCUT2D eigenvalue weighted by Crippen LogP contribution is -2.47. The predicted octanol–water partition coefficient (Wildman–Crippen LogP) is 5.72. The van der Waals surface area contributed by atoms with Crippen molar-refractivity contribution in [2.75, 3.05) is 0 Å². The van der Waals surface area contributed by atoms with Crippen LogP contribution in [-0.2, 0) is 14.3 Å². The molecular weight excluding hydrogens is 405 g/mol. The van der Waals surface area contributed by atoms with Gasteiger partial charge in [-0.25, -0.2) is 4.39 Å². The van der Waals surface area contributed by atoms with Crippen molar-refractivity contribution in [3.63, 3.8) is 0 Å². The average molecular weight is 428 g/mol. The van der Waals surface area contributed by atoms with Gasteiger partial charge in [0.2, 0.25) is 5.76 Å². The van der Waals surface area contributed by atoms with Crippen LogP contribution in [0, 0.1) is 5.82 Å². The van der Waals surface area contributed by atoms with E-state index in [1.54, 1.807) is 18.4 Å². The fraction of sp³-hybridized carbons (Fsp3) is 0.375. The van der Waals surface area contributed by atoms with Gasteiger partial charge < -0.3 is 14.4 Å². The number of benzene rings is 1. The fourth-order valence-corrected chi connectivity index (χ4v) is 5.25. The Labute approximate surface area is 180 Å². The van der Waals surface area contributed by atoms with Gasteiger partial charge in [0.15, 0.2) is 5.76 Å². The second kappa shape index (κ2) is 7.95. The predicted molar refractivity (Wildman–Crippen MR) is 112 cm³/mol. The minimum atomic E-state index is -0.261. The molecule has 3 aliphatic heterocycles. The van der Waals surface area contributed by atoms with E-state index in [-0.39, 0.29) is 35.5 Å². The Hall–Kier alpha value is -2.53. The SMILES string of the molecule is O=C(C1=COC=C(C2=CC=CCC2)O1)N1C2CCC1CC(c1ccc(Cl)cc1F)C2. The molecule has 2 bridgehead atoms. The molecule has 0 spiro atoms. The summed E-state index contributed by atoms with van der Waals surface area (Å²) >= 11 is 5.91. The smallest absolute Gasteiger partial charge is 0.293 e. The van der Waals surface area contributed by atoms with Gasteiger partial charge in [-0.15, -0.1) is 0 Å². The zero-order valence-electron chi connectivity index (χ0n) is 16.5. The molecule has 1 aromatic carbocycles. The molecule has 1 amide bonds. The first kappa shape index (κ1) is 19.4. The molecule has 2 fully saturated rings. The molecule has 3 heterocycles. The van der Waals surface area contributed by atoms with Crippen LogP contribution in [0.25, 0.3) is 0 Å². The first-order valence-electron chi connectivity index (χ1n) is 10.5. The normalized spacial score (nSPS) is 27.6. The van der Waals surface area contributed by atoms with E-state index in [4.69, 9.17) is 21.1 Å². The van der Waals surface area contributed by atoms with E-state index < -0.39 is 0 Å². The Balaban J connectivity index is 1.30. The van der Waals surface area contributed by atoms with Crippen LogP contribution in [0.4, 0.5) is 4.39 Å². The third kappa shape index (κ3) is 3.56. The van der Waals surface area contributed by atoms with Crippen LogP contribution in [0.3, 0.4) is 0 Å². The summed E-state index contributed by atoms with van der Waals surface area (Å²) in [6, 6.07) is 5.04. The maximum Gasteiger partial charge on any atom is 0.293 e. The van der Waals surface area contributed by atoms with Gasteiger partial charge in [-0.1, -0.05) is 35.9 Å². The Kier molecular flexibility index (Phi) is 5.15. The number of allylic oxidation sites excluding steroid dienone is 4. The molecule has 156 valence electrons. The van der Waals surface area contributed by atoms with Crippen molar-refractivity contribution in [3.05, 3.63) is 82.4 Å². The van der Waals surface area contributed by atoms with Crippen molar-refractivity contribution in [3.8, 4) is 0 Å². The van der Waals surface area contributed by atoms with Crippen LogP contribution in [0.2, 0.25) is 5.02 Å². The van der Waals surface area contributed by atoms with Gasteiger partial charge in [-0.3, -0.25) is 4.79 Å². The number of carbonyl (C=O) groups is 1. The number of hydrogen-bond acceptors (Lipinski definition) is 3. The summed E-state index contributed by atoms with van der Waals surface area (Å²) in [6.07, 6.45) is 14.1. The van der Waals surface area contributed by atoms with Crippen molar-refractivity contribution < 1.29 is 18.7 Å². The topological polar surface area (TPSA) is 38.8 Å². The average Bonchev–Trinajstić information content (AvgIpc) is 3.03. The number of fused-ring (bicyclic) bond motifs is 2. The molecule has 6 heteroatoms. The Morgan fingerprint density at radius 3 is 2.67 bits per heavy atom. The zero-order chi connectivity index (χ0) is 20.7. The highest BCUT2D eigenvalue weighted by Gasteiger charge is 2.45. The number of halogens is 2. The number of rotatable bonds is 3. The highest BCUT2D eigenvalue weighted by Crippen LogP contribution is 2.44. The molecule has 0 N–H and O–H groups in total. The molecule has 2 atom stereocenters. The molecule has 30 heavy (non-hydrogen) atoms. The highest BCUT2D eigenvalue weighted by atomic mass is 35.5. The van der Waals surface area contributed by atoms with Gasteiger partial charge in [0.1, 0.15) is 18.3 Å². The van der Waals surface area contributed by atoms with Crippen molar-refractivity contribution in [2.24, 2.45) is 0 Å². The van der Waals surface area contributed by atoms with Gasteiger partial charge >= 0.3 is 0 Å². The second-order valence-electron chi connectivity index (χ2n) is 8.29. The van der Waals surface area contributed by atoms with Crippen molar-refractivity contribution in [1.29, 1.82) is 0 Å². The third-order valence-electron chi connectivity index (χ3n) is 6.48. The number of hydrogen-bond donors (Lipinski definition) is 0. The summed E-state index contributed by atoms with van der Waals surface area (Å²) in [5, 5.41) is 0.403. The lowest BCUT2D eigenvalue weighted by molar-refractivity contribution is -0.135. The Morgan fingerprint density at radius 1 is 1.17 bits per heavy atom. The first-order chi connectivity index (χ1) is 14.6. The third-order valence-corrected chi connectivity index (χ3v) is 6.72. The van der Waals surface area contributed by atoms with E-state index in [1.165, 1.54) is 12.3 Å². The van der Waals surface area contributed by atoms with Crippen LogP contribution in [0.5, 0.6) is 0 Å². The summed E-state index contributed by atoms with van der Waals surface area (Å²) in [5.41, 5.74) is 1.72. The van der Waals surface area contributed by atoms with Crippen LogP contribution < -0.4 is 0 Å². The molecule has 2 unspecified atom stereocenters. The number of amides is 1. The lowest BCUT2D eigenvalue weighted by Gasteiger charge is -2.39. The second-order valence-corrected chi connectivity index (χ2v) is 8.73. The maximum atomic E-state index is 14.4. The molecule has 4 nitrogen and oxygen atoms in total. The molecule has 2 saturated heterocycles. The monoisotopic (exact) mass is 427 g/mol. The molecule has 0 radical (unpaired) electrons. The highest BCUT2D eigenvalue weighted by molar-refractivity contribution is 6.30. The number of piperidine rings is 1. The largest absolute Gasteiger partial charge is 0.465 e. The van der Waals surface area contributed by atoms with E-state index in [0.717, 1.165) is 44.1 Å². The Morgan fingerprint density at radius 2 is 1.97 bits per heavy atom. The Bertz CT molecular complexity index is 982. The van der Waals surface area contributed by atoms with Gasteiger partial charge in [0.05, 0.1) is 0 Å². The first-order valence-corrected chi connectivity index (χ1v) is 10.9. The summed E-state index contributed by atoms with van der Waals surface area (Å²) in [5.74, 6) is 0.501. The van der Waals surface area contributed by atoms with E-state index in [2.05, 4.69) is 6.08 Å². The van der Waals surface area contributed by atoms with Crippen molar-refractivity contribution >= 4 is 17.5 Å². The van der Waals surface area contributed by atoms with E-state index >= 15 is 0 Å². The summed E-state index contributed by atoms with van der Waals surface area (Å²) in [7, 11) is 0. The summed E-state index contributed by atoms with van der Waals surface area (Å²) in [4.78, 5) is 15.2. The van der Waals surface area contributed by atoms with Crippen LogP contribution >= 0.6 is 11.6 Å². The number of carbonyl (C=O) groups excluding carboxylic acids is 1. The van der Waals surface area contributed by atoms with Gasteiger partial charge in [-0.2, -0.15) is 0 Å². The lowest BCUT2D eigenvalue weighted by atomic mass is 9.84. The number of ether oxygens (including phenoxy) is 2. The molecule has 4 aliphatic rings. The fourth-order valence-electron chi connectivity index (χ4n) is 5.09. The van der Waals surface area contributed by atoms with Gasteiger partial charge in [0, 0.05) is 17.1 Å². The van der Waals surface area contributed by atoms with Crippen LogP contribution in [0.1, 0.15) is 50.0 Å². The van der Waals surface area contributed by atoms with Crippen molar-refractivity contribution in [2.45, 2.75) is 56.5 Å². The number of nitrogens with zero attached hydrogens (tertiary/aromatic N) is 1. The van der Waals surface area contributed by atoms with Crippen molar-refractivity contribution in [1.82, 2.24) is 4.90 Å². The summed E-state index contributed by atoms with van der Waals surface area (Å²) in [6.45, 7) is 0. The van der Waals surface area contributed by atoms with E-state index in [9.17, 15) is 9.18 Å². The quantitative estimate of drug-likeness (QED) is 0.619. The molecule has 1 aromatic rings. The van der Waals surface area contributed by atoms with E-state index in [0.29, 0.717) is 16.3 Å². The van der Waals surface area contributed by atoms with Crippen LogP contribution in [-0.4, -0.2) is 22.9 Å². The van der Waals surface area contributed by atoms with Gasteiger partial charge in [-0.05, 0) is 67.7 Å². The molecule has 1 aliphatic carbocycles. The molecule has 5 rings (SSSR count). The summed E-state index contributed by atoms with van der Waals surface area (Å²) < 4.78 is 25.8. The minimum Gasteiger partial charge on any atom is -0.465 e. The molecular formula is C24H23ClFNO3. The molecule has 0 aromatic heterocycles. The van der Waals surface area contributed by atoms with Gasteiger partial charge in [0.25, 0.3) is 5.91 Å². The zero-order valence-corrected chi connectivity index (χ0v) is 17.3.